The molecule has 4 nitrogen and oxygen atoms in total. The number of hydrogen-bond donors (Lipinski definition) is 2. The molecule has 2 rings (SSSR count). The van der Waals surface area contributed by atoms with Gasteiger partial charge in [0.15, 0.2) is 5.96 Å². The van der Waals surface area contributed by atoms with Gasteiger partial charge in [-0.1, -0.05) is 6.07 Å². The lowest BCUT2D eigenvalue weighted by Gasteiger charge is -2.27. The van der Waals surface area contributed by atoms with E-state index in [1.165, 1.54) is 19.3 Å². The van der Waals surface area contributed by atoms with E-state index in [4.69, 9.17) is 5.73 Å². The summed E-state index contributed by atoms with van der Waals surface area (Å²) < 4.78 is 0.687. The predicted molar refractivity (Wildman–Crippen MR) is 92.0 cm³/mol. The van der Waals surface area contributed by atoms with Gasteiger partial charge in [-0.25, -0.2) is 4.99 Å². The van der Waals surface area contributed by atoms with Crippen molar-refractivity contribution in [1.82, 2.24) is 4.90 Å². The molecule has 0 amide bonds. The van der Waals surface area contributed by atoms with Crippen LogP contribution in [0.1, 0.15) is 24.8 Å². The number of benzene rings is 1. The van der Waals surface area contributed by atoms with Crippen LogP contribution in [0, 0.1) is 0 Å². The normalized spacial score (nSPS) is 16.1. The summed E-state index contributed by atoms with van der Waals surface area (Å²) in [6.07, 6.45) is 3.68. The van der Waals surface area contributed by atoms with Gasteiger partial charge in [0.1, 0.15) is 5.75 Å². The number of phenols is 1. The molecule has 6 heteroatoms. The van der Waals surface area contributed by atoms with Gasteiger partial charge < -0.3 is 15.7 Å². The molecule has 0 aliphatic carbocycles. The van der Waals surface area contributed by atoms with Gasteiger partial charge in [-0.05, 0) is 52.9 Å². The van der Waals surface area contributed by atoms with Gasteiger partial charge in [-0.2, -0.15) is 0 Å². The maximum Gasteiger partial charge on any atom is 0.191 e. The van der Waals surface area contributed by atoms with Crippen molar-refractivity contribution in [3.8, 4) is 5.75 Å². The third-order valence-electron chi connectivity index (χ3n) is 3.12. The van der Waals surface area contributed by atoms with Crippen LogP contribution < -0.4 is 5.73 Å². The van der Waals surface area contributed by atoms with Crippen LogP contribution in [-0.4, -0.2) is 29.1 Å². The van der Waals surface area contributed by atoms with Crippen molar-refractivity contribution < 1.29 is 5.11 Å². The highest BCUT2D eigenvalue weighted by atomic mass is 127. The lowest BCUT2D eigenvalue weighted by molar-refractivity contribution is 0.338. The Hall–Kier alpha value is -0.500. The van der Waals surface area contributed by atoms with Crippen molar-refractivity contribution in [3.63, 3.8) is 0 Å². The lowest BCUT2D eigenvalue weighted by atomic mass is 10.1. The summed E-state index contributed by atoms with van der Waals surface area (Å²) in [6.45, 7) is 2.56. The number of nitrogens with zero attached hydrogens (tertiary/aromatic N) is 2. The number of hydrogen-bond acceptors (Lipinski definition) is 2. The molecule has 1 aliphatic rings. The van der Waals surface area contributed by atoms with E-state index in [0.29, 0.717) is 17.0 Å². The number of aromatic hydroxyl groups is 1. The average Bonchev–Trinajstić information content (AvgIpc) is 2.41. The van der Waals surface area contributed by atoms with E-state index < -0.39 is 0 Å². The zero-order valence-electron chi connectivity index (χ0n) is 10.7. The molecular weight excluding hydrogens is 421 g/mol. The second-order valence-corrected chi connectivity index (χ2v) is 5.36. The van der Waals surface area contributed by atoms with Crippen molar-refractivity contribution in [2.24, 2.45) is 10.7 Å². The molecule has 0 bridgehead atoms. The summed E-state index contributed by atoms with van der Waals surface area (Å²) in [5.41, 5.74) is 7.01. The summed E-state index contributed by atoms with van der Waals surface area (Å²) in [6, 6.07) is 5.38. The first-order valence-electron chi connectivity index (χ1n) is 6.19. The maximum absolute atomic E-state index is 9.41. The van der Waals surface area contributed by atoms with Crippen LogP contribution >= 0.6 is 39.9 Å². The minimum absolute atomic E-state index is 0. The molecule has 1 fully saturated rings. The molecule has 1 heterocycles. The second kappa shape index (κ2) is 7.94. The molecule has 106 valence electrons. The van der Waals surface area contributed by atoms with Gasteiger partial charge in [0.2, 0.25) is 0 Å². The summed E-state index contributed by atoms with van der Waals surface area (Å²) >= 11 is 3.29. The van der Waals surface area contributed by atoms with Crippen LogP contribution in [0.15, 0.2) is 27.7 Å². The highest BCUT2D eigenvalue weighted by molar-refractivity contribution is 14.0. The zero-order chi connectivity index (χ0) is 13.0. The van der Waals surface area contributed by atoms with Gasteiger partial charge in [0.05, 0.1) is 11.0 Å². The van der Waals surface area contributed by atoms with E-state index in [1.54, 1.807) is 6.07 Å². The summed E-state index contributed by atoms with van der Waals surface area (Å²) in [5.74, 6) is 0.866. The fourth-order valence-corrected chi connectivity index (χ4v) is 2.47. The van der Waals surface area contributed by atoms with E-state index in [0.717, 1.165) is 18.7 Å². The van der Waals surface area contributed by atoms with Crippen LogP contribution in [0.2, 0.25) is 0 Å². The first kappa shape index (κ1) is 16.6. The smallest absolute Gasteiger partial charge is 0.191 e. The number of halogens is 2. The third-order valence-corrected chi connectivity index (χ3v) is 3.75. The van der Waals surface area contributed by atoms with Crippen molar-refractivity contribution in [1.29, 1.82) is 0 Å². The summed E-state index contributed by atoms with van der Waals surface area (Å²) in [7, 11) is 0. The number of phenolic OH excluding ortho intramolecular Hbond substituents is 1. The van der Waals surface area contributed by atoms with Crippen LogP contribution in [0.3, 0.4) is 0 Å². The molecule has 0 unspecified atom stereocenters. The molecule has 0 radical (unpaired) electrons. The number of piperidine rings is 1. The standard InChI is InChI=1S/C13H18BrN3O.HI/c14-11-8-10(4-5-12(11)18)9-16-13(15)17-6-2-1-3-7-17;/h4-5,8,18H,1-3,6-7,9H2,(H2,15,16);1H. The fourth-order valence-electron chi connectivity index (χ4n) is 2.04. The lowest BCUT2D eigenvalue weighted by Crippen LogP contribution is -2.40. The Bertz CT molecular complexity index is 448. The Morgan fingerprint density at radius 2 is 2.00 bits per heavy atom. The highest BCUT2D eigenvalue weighted by Crippen LogP contribution is 2.24. The number of likely N-dealkylation sites (tertiary alicyclic amines) is 1. The maximum atomic E-state index is 9.41. The minimum atomic E-state index is 0. The van der Waals surface area contributed by atoms with Crippen LogP contribution in [0.4, 0.5) is 0 Å². The van der Waals surface area contributed by atoms with Crippen molar-refractivity contribution >= 4 is 45.9 Å². The van der Waals surface area contributed by atoms with Gasteiger partial charge >= 0.3 is 0 Å². The topological polar surface area (TPSA) is 61.9 Å². The first-order chi connectivity index (χ1) is 8.66. The van der Waals surface area contributed by atoms with Gasteiger partial charge in [-0.15, -0.1) is 24.0 Å². The van der Waals surface area contributed by atoms with Gasteiger partial charge in [-0.3, -0.25) is 0 Å². The van der Waals surface area contributed by atoms with Gasteiger partial charge in [0.25, 0.3) is 0 Å². The molecule has 0 saturated carbocycles. The SMILES string of the molecule is I.NC(=NCc1ccc(O)c(Br)c1)N1CCCCC1. The van der Waals surface area contributed by atoms with Crippen LogP contribution in [0.5, 0.6) is 5.75 Å². The van der Waals surface area contributed by atoms with E-state index in [1.807, 2.05) is 12.1 Å². The molecule has 1 aliphatic heterocycles. The highest BCUT2D eigenvalue weighted by Gasteiger charge is 2.11. The molecule has 0 spiro atoms. The Balaban J connectivity index is 0.00000180. The van der Waals surface area contributed by atoms with Crippen LogP contribution in [-0.2, 0) is 6.54 Å². The average molecular weight is 440 g/mol. The number of rotatable bonds is 2. The summed E-state index contributed by atoms with van der Waals surface area (Å²) in [4.78, 5) is 6.54. The molecule has 1 aromatic rings. The molecular formula is C13H19BrIN3O. The molecule has 1 saturated heterocycles. The van der Waals surface area contributed by atoms with Crippen LogP contribution in [0.25, 0.3) is 0 Å². The fraction of sp³-hybridized carbons (Fsp3) is 0.462. The number of nitrogens with two attached hydrogens (primary N) is 1. The number of aliphatic imine (C=N–C) groups is 1. The van der Waals surface area contributed by atoms with E-state index in [-0.39, 0.29) is 29.7 Å². The number of guanidine groups is 1. The monoisotopic (exact) mass is 439 g/mol. The Morgan fingerprint density at radius 3 is 2.63 bits per heavy atom. The Morgan fingerprint density at radius 1 is 1.32 bits per heavy atom. The Kier molecular flexibility index (Phi) is 6.92. The zero-order valence-corrected chi connectivity index (χ0v) is 14.6. The van der Waals surface area contributed by atoms with Gasteiger partial charge in [0, 0.05) is 13.1 Å². The molecule has 0 atom stereocenters. The largest absolute Gasteiger partial charge is 0.507 e. The third kappa shape index (κ3) is 4.83. The van der Waals surface area contributed by atoms with E-state index in [2.05, 4.69) is 25.8 Å². The molecule has 19 heavy (non-hydrogen) atoms. The molecule has 0 aromatic heterocycles. The minimum Gasteiger partial charge on any atom is -0.507 e. The van der Waals surface area contributed by atoms with E-state index in [9.17, 15) is 5.11 Å². The van der Waals surface area contributed by atoms with Crippen molar-refractivity contribution in [2.45, 2.75) is 25.8 Å². The summed E-state index contributed by atoms with van der Waals surface area (Å²) in [5, 5.41) is 9.41. The first-order valence-corrected chi connectivity index (χ1v) is 6.98. The predicted octanol–water partition coefficient (Wildman–Crippen LogP) is 3.07. The second-order valence-electron chi connectivity index (χ2n) is 4.51. The Labute approximate surface area is 139 Å². The van der Waals surface area contributed by atoms with Crippen molar-refractivity contribution in [3.05, 3.63) is 28.2 Å². The molecule has 3 N–H and O–H groups in total. The van der Waals surface area contributed by atoms with Crippen molar-refractivity contribution in [2.75, 3.05) is 13.1 Å². The van der Waals surface area contributed by atoms with E-state index >= 15 is 0 Å². The molecule has 1 aromatic carbocycles. The quantitative estimate of drug-likeness (QED) is 0.423.